The quantitative estimate of drug-likeness (QED) is 0.885. The second-order valence-corrected chi connectivity index (χ2v) is 5.38. The zero-order chi connectivity index (χ0) is 15.4. The fourth-order valence-electron chi connectivity index (χ4n) is 2.63. The molecule has 1 aromatic heterocycles. The SMILES string of the molecule is CCCC(N)C(=O)N(CC)C(C)c1cc2ccccc2o1. The molecule has 2 N–H and O–H groups in total. The maximum atomic E-state index is 12.5. The lowest BCUT2D eigenvalue weighted by Gasteiger charge is -2.29. The van der Waals surface area contributed by atoms with Gasteiger partial charge in [-0.05, 0) is 32.4 Å². The topological polar surface area (TPSA) is 59.5 Å². The van der Waals surface area contributed by atoms with Crippen LogP contribution >= 0.6 is 0 Å². The number of carbonyl (C=O) groups excluding carboxylic acids is 1. The van der Waals surface area contributed by atoms with Crippen molar-refractivity contribution in [2.75, 3.05) is 6.54 Å². The molecule has 2 rings (SSSR count). The van der Waals surface area contributed by atoms with Crippen molar-refractivity contribution in [3.63, 3.8) is 0 Å². The third kappa shape index (κ3) is 3.27. The highest BCUT2D eigenvalue weighted by molar-refractivity contribution is 5.82. The molecule has 114 valence electrons. The number of nitrogens with zero attached hydrogens (tertiary/aromatic N) is 1. The van der Waals surface area contributed by atoms with Crippen LogP contribution in [-0.4, -0.2) is 23.4 Å². The Balaban J connectivity index is 2.22. The summed E-state index contributed by atoms with van der Waals surface area (Å²) in [5.74, 6) is 0.794. The van der Waals surface area contributed by atoms with Crippen LogP contribution < -0.4 is 5.73 Å². The summed E-state index contributed by atoms with van der Waals surface area (Å²) in [4.78, 5) is 14.2. The lowest BCUT2D eigenvalue weighted by atomic mass is 10.1. The first kappa shape index (κ1) is 15.6. The molecular weight excluding hydrogens is 264 g/mol. The molecule has 0 radical (unpaired) electrons. The van der Waals surface area contributed by atoms with Crippen molar-refractivity contribution in [3.05, 3.63) is 36.1 Å². The van der Waals surface area contributed by atoms with Crippen LogP contribution in [0.3, 0.4) is 0 Å². The van der Waals surface area contributed by atoms with E-state index in [2.05, 4.69) is 0 Å². The summed E-state index contributed by atoms with van der Waals surface area (Å²) in [5, 5.41) is 1.06. The van der Waals surface area contributed by atoms with Crippen LogP contribution in [0.2, 0.25) is 0 Å². The predicted octanol–water partition coefficient (Wildman–Crippen LogP) is 3.47. The standard InChI is InChI=1S/C17H24N2O2/c1-4-8-14(18)17(20)19(5-2)12(3)16-11-13-9-6-7-10-15(13)21-16/h6-7,9-12,14H,4-5,8,18H2,1-3H3. The zero-order valence-electron chi connectivity index (χ0n) is 13.0. The summed E-state index contributed by atoms with van der Waals surface area (Å²) < 4.78 is 5.87. The molecule has 0 aliphatic carbocycles. The molecule has 1 amide bonds. The Kier molecular flexibility index (Phi) is 5.02. The van der Waals surface area contributed by atoms with Gasteiger partial charge in [0.25, 0.3) is 0 Å². The van der Waals surface area contributed by atoms with Gasteiger partial charge in [0.15, 0.2) is 0 Å². The average molecular weight is 288 g/mol. The largest absolute Gasteiger partial charge is 0.459 e. The van der Waals surface area contributed by atoms with Gasteiger partial charge >= 0.3 is 0 Å². The van der Waals surface area contributed by atoms with E-state index in [9.17, 15) is 4.79 Å². The van der Waals surface area contributed by atoms with Crippen molar-refractivity contribution < 1.29 is 9.21 Å². The highest BCUT2D eigenvalue weighted by Crippen LogP contribution is 2.27. The third-order valence-corrected chi connectivity index (χ3v) is 3.86. The molecule has 2 aromatic rings. The van der Waals surface area contributed by atoms with Crippen molar-refractivity contribution in [2.24, 2.45) is 5.73 Å². The van der Waals surface area contributed by atoms with Crippen molar-refractivity contribution in [3.8, 4) is 0 Å². The summed E-state index contributed by atoms with van der Waals surface area (Å²) in [6.45, 7) is 6.61. The Labute approximate surface area is 125 Å². The van der Waals surface area contributed by atoms with E-state index in [4.69, 9.17) is 10.2 Å². The number of para-hydroxylation sites is 1. The van der Waals surface area contributed by atoms with Crippen LogP contribution in [0.15, 0.2) is 34.7 Å². The molecule has 0 aliphatic rings. The zero-order valence-corrected chi connectivity index (χ0v) is 13.0. The minimum atomic E-state index is -0.429. The maximum Gasteiger partial charge on any atom is 0.240 e. The number of furan rings is 1. The molecule has 2 atom stereocenters. The Bertz CT molecular complexity index is 573. The summed E-state index contributed by atoms with van der Waals surface area (Å²) in [5.41, 5.74) is 6.82. The molecule has 2 unspecified atom stereocenters. The molecule has 1 aromatic carbocycles. The lowest BCUT2D eigenvalue weighted by molar-refractivity contribution is -0.135. The minimum absolute atomic E-state index is 0.00712. The van der Waals surface area contributed by atoms with Crippen molar-refractivity contribution >= 4 is 16.9 Å². The molecule has 0 saturated heterocycles. The number of carbonyl (C=O) groups is 1. The number of amides is 1. The summed E-state index contributed by atoms with van der Waals surface area (Å²) in [6, 6.07) is 9.33. The van der Waals surface area contributed by atoms with Gasteiger partial charge in [-0.3, -0.25) is 4.79 Å². The van der Waals surface area contributed by atoms with Gasteiger partial charge < -0.3 is 15.1 Å². The van der Waals surface area contributed by atoms with E-state index in [-0.39, 0.29) is 11.9 Å². The van der Waals surface area contributed by atoms with Crippen molar-refractivity contribution in [2.45, 2.75) is 45.7 Å². The molecule has 4 nitrogen and oxygen atoms in total. The number of fused-ring (bicyclic) bond motifs is 1. The monoisotopic (exact) mass is 288 g/mol. The van der Waals surface area contributed by atoms with E-state index >= 15 is 0 Å². The van der Waals surface area contributed by atoms with Crippen LogP contribution in [-0.2, 0) is 4.79 Å². The van der Waals surface area contributed by atoms with Gasteiger partial charge in [0, 0.05) is 11.9 Å². The number of hydrogen-bond donors (Lipinski definition) is 1. The number of likely N-dealkylation sites (N-methyl/N-ethyl adjacent to an activating group) is 1. The Morgan fingerprint density at radius 1 is 1.33 bits per heavy atom. The molecule has 21 heavy (non-hydrogen) atoms. The number of nitrogens with two attached hydrogens (primary N) is 1. The van der Waals surface area contributed by atoms with Crippen LogP contribution in [0.25, 0.3) is 11.0 Å². The van der Waals surface area contributed by atoms with Gasteiger partial charge in [-0.2, -0.15) is 0 Å². The van der Waals surface area contributed by atoms with E-state index in [0.29, 0.717) is 13.0 Å². The molecule has 0 bridgehead atoms. The van der Waals surface area contributed by atoms with E-state index in [1.807, 2.05) is 51.1 Å². The number of rotatable bonds is 6. The smallest absolute Gasteiger partial charge is 0.240 e. The molecule has 0 saturated carbocycles. The fourth-order valence-corrected chi connectivity index (χ4v) is 2.63. The number of benzene rings is 1. The van der Waals surface area contributed by atoms with Crippen LogP contribution in [0.1, 0.15) is 45.4 Å². The second-order valence-electron chi connectivity index (χ2n) is 5.38. The van der Waals surface area contributed by atoms with Crippen LogP contribution in [0.4, 0.5) is 0 Å². The van der Waals surface area contributed by atoms with Gasteiger partial charge in [0.1, 0.15) is 11.3 Å². The minimum Gasteiger partial charge on any atom is -0.459 e. The van der Waals surface area contributed by atoms with Crippen LogP contribution in [0, 0.1) is 0 Å². The van der Waals surface area contributed by atoms with E-state index in [1.165, 1.54) is 0 Å². The highest BCUT2D eigenvalue weighted by atomic mass is 16.3. The second kappa shape index (κ2) is 6.76. The highest BCUT2D eigenvalue weighted by Gasteiger charge is 2.26. The lowest BCUT2D eigenvalue weighted by Crippen LogP contribution is -2.44. The van der Waals surface area contributed by atoms with Crippen LogP contribution in [0.5, 0.6) is 0 Å². The molecular formula is C17H24N2O2. The third-order valence-electron chi connectivity index (χ3n) is 3.86. The van der Waals surface area contributed by atoms with E-state index < -0.39 is 6.04 Å². The Hall–Kier alpha value is -1.81. The first-order chi connectivity index (χ1) is 10.1. The molecule has 0 aliphatic heterocycles. The predicted molar refractivity (Wildman–Crippen MR) is 84.9 cm³/mol. The summed E-state index contributed by atoms with van der Waals surface area (Å²) in [7, 11) is 0. The summed E-state index contributed by atoms with van der Waals surface area (Å²) >= 11 is 0. The van der Waals surface area contributed by atoms with Gasteiger partial charge in [0.2, 0.25) is 5.91 Å². The summed E-state index contributed by atoms with van der Waals surface area (Å²) in [6.07, 6.45) is 1.62. The maximum absolute atomic E-state index is 12.5. The molecule has 4 heteroatoms. The van der Waals surface area contributed by atoms with Gasteiger partial charge in [-0.25, -0.2) is 0 Å². The molecule has 0 fully saturated rings. The van der Waals surface area contributed by atoms with Gasteiger partial charge in [-0.15, -0.1) is 0 Å². The van der Waals surface area contributed by atoms with Crippen molar-refractivity contribution in [1.82, 2.24) is 4.90 Å². The average Bonchev–Trinajstić information content (AvgIpc) is 2.91. The first-order valence-electron chi connectivity index (χ1n) is 7.63. The van der Waals surface area contributed by atoms with Crippen molar-refractivity contribution in [1.29, 1.82) is 0 Å². The Morgan fingerprint density at radius 3 is 2.67 bits per heavy atom. The normalized spacial score (nSPS) is 14.1. The van der Waals surface area contributed by atoms with Gasteiger partial charge in [0.05, 0.1) is 12.1 Å². The fraction of sp³-hybridized carbons (Fsp3) is 0.471. The molecule has 0 spiro atoms. The van der Waals surface area contributed by atoms with Gasteiger partial charge in [-0.1, -0.05) is 31.5 Å². The van der Waals surface area contributed by atoms with E-state index in [1.54, 1.807) is 4.90 Å². The molecule has 1 heterocycles. The first-order valence-corrected chi connectivity index (χ1v) is 7.63. The number of hydrogen-bond acceptors (Lipinski definition) is 3. The van der Waals surface area contributed by atoms with E-state index in [0.717, 1.165) is 23.2 Å². The Morgan fingerprint density at radius 2 is 2.05 bits per heavy atom.